The lowest BCUT2D eigenvalue weighted by atomic mass is 10.1. The quantitative estimate of drug-likeness (QED) is 0.511. The van der Waals surface area contributed by atoms with Gasteiger partial charge >= 0.3 is 0 Å². The van der Waals surface area contributed by atoms with Gasteiger partial charge in [0.2, 0.25) is 5.91 Å². The number of aromatic amines is 1. The lowest BCUT2D eigenvalue weighted by Gasteiger charge is -2.08. The summed E-state index contributed by atoms with van der Waals surface area (Å²) in [5, 5.41) is 8.34. The first kappa shape index (κ1) is 22.2. The molecule has 2 aliphatic rings. The standard InChI is InChI=1S/C20H21N5O4.C2H6/c1-11-8-13-16(23-11)10-14-18-15(25-20(14)28)3-2-12(24-18)9-17(26)21-4-6-29-7-5-22-19(13)27;1-2/h2-3,8,10,23H,4-7,9H2,1H3,(H,21,26)(H,22,27)(H,25,28);1-2H3/b14-10-;. The number of aryl methyl sites for hydroxylation is 1. The molecule has 9 heteroatoms. The van der Waals surface area contributed by atoms with E-state index in [0.29, 0.717) is 60.2 Å². The van der Waals surface area contributed by atoms with Crippen LogP contribution in [0.2, 0.25) is 0 Å². The zero-order valence-corrected chi connectivity index (χ0v) is 17.9. The molecule has 0 saturated heterocycles. The number of H-pyrrole nitrogens is 1. The van der Waals surface area contributed by atoms with Crippen molar-refractivity contribution in [1.82, 2.24) is 20.6 Å². The fourth-order valence-corrected chi connectivity index (χ4v) is 3.32. The highest BCUT2D eigenvalue weighted by atomic mass is 16.5. The van der Waals surface area contributed by atoms with Crippen molar-refractivity contribution < 1.29 is 19.1 Å². The Morgan fingerprint density at radius 3 is 2.52 bits per heavy atom. The number of pyridine rings is 1. The molecule has 2 aliphatic heterocycles. The van der Waals surface area contributed by atoms with E-state index in [2.05, 4.69) is 25.9 Å². The van der Waals surface area contributed by atoms with Gasteiger partial charge in [0, 0.05) is 18.8 Å². The van der Waals surface area contributed by atoms with E-state index in [1.165, 1.54) is 0 Å². The molecule has 0 radical (unpaired) electrons. The molecule has 164 valence electrons. The van der Waals surface area contributed by atoms with E-state index in [4.69, 9.17) is 4.74 Å². The number of carbonyl (C=O) groups excluding carboxylic acids is 3. The summed E-state index contributed by atoms with van der Waals surface area (Å²) in [5.41, 5.74) is 3.68. The molecule has 4 heterocycles. The van der Waals surface area contributed by atoms with Crippen molar-refractivity contribution in [2.24, 2.45) is 0 Å². The molecule has 3 amide bonds. The first-order chi connectivity index (χ1) is 15.0. The minimum absolute atomic E-state index is 0.0989. The highest BCUT2D eigenvalue weighted by molar-refractivity contribution is 6.34. The maximum atomic E-state index is 12.6. The van der Waals surface area contributed by atoms with Crippen LogP contribution in [0.4, 0.5) is 5.69 Å². The van der Waals surface area contributed by atoms with Gasteiger partial charge in [0.15, 0.2) is 0 Å². The summed E-state index contributed by atoms with van der Waals surface area (Å²) in [6.07, 6.45) is 1.72. The molecule has 9 nitrogen and oxygen atoms in total. The normalized spacial score (nSPS) is 18.3. The SMILES string of the molecule is CC.Cc1cc2c([nH]1)/C=C1\C(=O)Nc3ccc(nc31)CC(=O)NCCOCCNC2=O. The molecule has 0 saturated carbocycles. The van der Waals surface area contributed by atoms with Crippen molar-refractivity contribution in [3.05, 3.63) is 46.5 Å². The molecule has 4 N–H and O–H groups in total. The number of hydrogen-bond acceptors (Lipinski definition) is 5. The molecule has 0 spiro atoms. The van der Waals surface area contributed by atoms with Crippen LogP contribution in [0, 0.1) is 6.92 Å². The van der Waals surface area contributed by atoms with Crippen LogP contribution in [0.5, 0.6) is 0 Å². The van der Waals surface area contributed by atoms with Crippen LogP contribution in [0.25, 0.3) is 11.6 Å². The van der Waals surface area contributed by atoms with E-state index < -0.39 is 0 Å². The van der Waals surface area contributed by atoms with E-state index in [-0.39, 0.29) is 24.1 Å². The van der Waals surface area contributed by atoms with Gasteiger partial charge in [0.25, 0.3) is 11.8 Å². The van der Waals surface area contributed by atoms with Gasteiger partial charge in [0.05, 0.1) is 53.5 Å². The number of hydrogen-bond donors (Lipinski definition) is 4. The molecule has 2 aromatic rings. The minimum Gasteiger partial charge on any atom is -0.378 e. The molecule has 2 aromatic heterocycles. The smallest absolute Gasteiger partial charge is 0.258 e. The average molecular weight is 425 g/mol. The van der Waals surface area contributed by atoms with Gasteiger partial charge < -0.3 is 25.7 Å². The van der Waals surface area contributed by atoms with Gasteiger partial charge in [-0.3, -0.25) is 14.4 Å². The molecule has 0 fully saturated rings. The third kappa shape index (κ3) is 5.18. The summed E-state index contributed by atoms with van der Waals surface area (Å²) < 4.78 is 5.43. The Bertz CT molecular complexity index is 1020. The van der Waals surface area contributed by atoms with Crippen LogP contribution in [-0.2, 0) is 20.7 Å². The van der Waals surface area contributed by atoms with Crippen LogP contribution in [0.1, 0.15) is 47.0 Å². The largest absolute Gasteiger partial charge is 0.378 e. The van der Waals surface area contributed by atoms with Crippen molar-refractivity contribution in [2.45, 2.75) is 27.2 Å². The lowest BCUT2D eigenvalue weighted by molar-refractivity contribution is -0.120. The summed E-state index contributed by atoms with van der Waals surface area (Å²) in [7, 11) is 0. The topological polar surface area (TPSA) is 125 Å². The van der Waals surface area contributed by atoms with Gasteiger partial charge in [-0.2, -0.15) is 0 Å². The Kier molecular flexibility index (Phi) is 7.19. The van der Waals surface area contributed by atoms with Crippen molar-refractivity contribution >= 4 is 35.1 Å². The Labute approximate surface area is 180 Å². The number of nitrogens with one attached hydrogen (secondary N) is 4. The third-order valence-electron chi connectivity index (χ3n) is 4.66. The number of aromatic nitrogens is 2. The summed E-state index contributed by atoms with van der Waals surface area (Å²) in [4.78, 5) is 44.9. The molecule has 31 heavy (non-hydrogen) atoms. The van der Waals surface area contributed by atoms with Crippen LogP contribution < -0.4 is 16.0 Å². The van der Waals surface area contributed by atoms with Crippen LogP contribution in [0.15, 0.2) is 18.2 Å². The molecule has 4 rings (SSSR count). The summed E-state index contributed by atoms with van der Waals surface area (Å²) >= 11 is 0. The number of fused-ring (bicyclic) bond motifs is 2. The van der Waals surface area contributed by atoms with E-state index in [9.17, 15) is 14.4 Å². The highest BCUT2D eigenvalue weighted by Gasteiger charge is 2.27. The first-order valence-electron chi connectivity index (χ1n) is 10.4. The third-order valence-corrected chi connectivity index (χ3v) is 4.66. The number of carbonyl (C=O) groups is 3. The monoisotopic (exact) mass is 425 g/mol. The van der Waals surface area contributed by atoms with Crippen LogP contribution in [0.3, 0.4) is 0 Å². The Hall–Kier alpha value is -3.46. The number of ether oxygens (including phenoxy) is 1. The van der Waals surface area contributed by atoms with Gasteiger partial charge in [-0.05, 0) is 31.2 Å². The molecular weight excluding hydrogens is 398 g/mol. The minimum atomic E-state index is -0.306. The second kappa shape index (κ2) is 10.0. The van der Waals surface area contributed by atoms with Crippen molar-refractivity contribution in [3.8, 4) is 0 Å². The van der Waals surface area contributed by atoms with Crippen LogP contribution in [-0.4, -0.2) is 54.0 Å². The Morgan fingerprint density at radius 2 is 1.74 bits per heavy atom. The first-order valence-corrected chi connectivity index (χ1v) is 10.4. The van der Waals surface area contributed by atoms with E-state index in [0.717, 1.165) is 5.69 Å². The second-order valence-corrected chi connectivity index (χ2v) is 6.89. The zero-order chi connectivity index (χ0) is 22.4. The predicted octanol–water partition coefficient (Wildman–Crippen LogP) is 1.66. The number of rotatable bonds is 0. The van der Waals surface area contributed by atoms with Crippen LogP contribution >= 0.6 is 0 Å². The number of nitrogens with zero attached hydrogens (tertiary/aromatic N) is 1. The molecule has 0 unspecified atom stereocenters. The fourth-order valence-electron chi connectivity index (χ4n) is 3.32. The average Bonchev–Trinajstić information content (AvgIpc) is 3.27. The van der Waals surface area contributed by atoms with E-state index in [1.807, 2.05) is 20.8 Å². The van der Waals surface area contributed by atoms with Gasteiger partial charge in [-0.25, -0.2) is 4.98 Å². The fraction of sp³-hybridized carbons (Fsp3) is 0.364. The summed E-state index contributed by atoms with van der Waals surface area (Å²) in [6, 6.07) is 5.18. The molecular formula is C22H27N5O4. The maximum Gasteiger partial charge on any atom is 0.258 e. The zero-order valence-electron chi connectivity index (χ0n) is 17.9. The number of anilines is 1. The number of amides is 3. The predicted molar refractivity (Wildman–Crippen MR) is 117 cm³/mol. The molecule has 0 atom stereocenters. The van der Waals surface area contributed by atoms with E-state index in [1.54, 1.807) is 24.3 Å². The van der Waals surface area contributed by atoms with E-state index >= 15 is 0 Å². The maximum absolute atomic E-state index is 12.6. The second-order valence-electron chi connectivity index (χ2n) is 6.89. The Morgan fingerprint density at radius 1 is 1.00 bits per heavy atom. The molecule has 2 bridgehead atoms. The van der Waals surface area contributed by atoms with Gasteiger partial charge in [-0.15, -0.1) is 0 Å². The van der Waals surface area contributed by atoms with Crippen molar-refractivity contribution in [2.75, 3.05) is 31.6 Å². The molecule has 0 aliphatic carbocycles. The van der Waals surface area contributed by atoms with Crippen molar-refractivity contribution in [3.63, 3.8) is 0 Å². The summed E-state index contributed by atoms with van der Waals surface area (Å²) in [5.74, 6) is -0.745. The Balaban J connectivity index is 0.00000132. The molecule has 0 aromatic carbocycles. The van der Waals surface area contributed by atoms with Gasteiger partial charge in [0.1, 0.15) is 0 Å². The van der Waals surface area contributed by atoms with Gasteiger partial charge in [-0.1, -0.05) is 13.8 Å². The lowest BCUT2D eigenvalue weighted by Crippen LogP contribution is -2.31. The summed E-state index contributed by atoms with van der Waals surface area (Å²) in [6.45, 7) is 7.21. The highest BCUT2D eigenvalue weighted by Crippen LogP contribution is 2.32. The van der Waals surface area contributed by atoms with Crippen molar-refractivity contribution in [1.29, 1.82) is 0 Å².